The fourth-order valence-corrected chi connectivity index (χ4v) is 6.50. The molecule has 0 N–H and O–H groups in total. The second-order valence-corrected chi connectivity index (χ2v) is 14.3. The van der Waals surface area contributed by atoms with E-state index in [1.165, 1.54) is 6.08 Å². The molecule has 160 valence electrons. The summed E-state index contributed by atoms with van der Waals surface area (Å²) in [4.78, 5) is 0. The minimum Gasteiger partial charge on any atom is -0.409 e. The van der Waals surface area contributed by atoms with Crippen LogP contribution < -0.4 is 0 Å². The van der Waals surface area contributed by atoms with Gasteiger partial charge in [0, 0.05) is 5.75 Å². The van der Waals surface area contributed by atoms with Crippen LogP contribution in [0, 0.1) is 0 Å². The standard InChI is InChI=1S/C15H22F8OS2Si/c1-5-8-25-13(10(7-6-9-26-13)24-27(2,3)4)15(22,23)14(20,21)12(18,19)11(16)17/h6-7,10-11H,5,8-9H2,1-4H3. The molecule has 0 spiro atoms. The molecule has 0 aromatic heterocycles. The SMILES string of the molecule is CCCSC1(C(F)(F)C(F)(F)C(F)(F)C(F)F)SCC=CC1O[Si](C)(C)C. The summed E-state index contributed by atoms with van der Waals surface area (Å²) in [6.45, 7) is 6.47. The van der Waals surface area contributed by atoms with Crippen molar-refractivity contribution in [2.75, 3.05) is 11.5 Å². The molecule has 1 nitrogen and oxygen atoms in total. The van der Waals surface area contributed by atoms with Crippen molar-refractivity contribution in [1.82, 2.24) is 0 Å². The first-order valence-electron chi connectivity index (χ1n) is 8.11. The van der Waals surface area contributed by atoms with Gasteiger partial charge in [0.15, 0.2) is 12.4 Å². The van der Waals surface area contributed by atoms with Gasteiger partial charge in [-0.2, -0.15) is 26.3 Å². The molecular weight excluding hydrogens is 440 g/mol. The molecule has 2 unspecified atom stereocenters. The number of hydrogen-bond donors (Lipinski definition) is 0. The van der Waals surface area contributed by atoms with Gasteiger partial charge in [0.2, 0.25) is 0 Å². The Labute approximate surface area is 162 Å². The van der Waals surface area contributed by atoms with Crippen LogP contribution in [0.5, 0.6) is 0 Å². The van der Waals surface area contributed by atoms with Crippen LogP contribution in [0.2, 0.25) is 19.6 Å². The minimum atomic E-state index is -6.27. The van der Waals surface area contributed by atoms with Crippen LogP contribution in [0.25, 0.3) is 0 Å². The molecule has 0 radical (unpaired) electrons. The van der Waals surface area contributed by atoms with E-state index < -0.39 is 42.7 Å². The fraction of sp³-hybridized carbons (Fsp3) is 0.867. The van der Waals surface area contributed by atoms with Gasteiger partial charge in [-0.25, -0.2) is 8.78 Å². The van der Waals surface area contributed by atoms with Gasteiger partial charge in [0.25, 0.3) is 0 Å². The van der Waals surface area contributed by atoms with E-state index >= 15 is 8.78 Å². The molecule has 0 fully saturated rings. The Bertz CT molecular complexity index is 538. The lowest BCUT2D eigenvalue weighted by Gasteiger charge is -2.49. The average molecular weight is 463 g/mol. The van der Waals surface area contributed by atoms with Gasteiger partial charge in [-0.05, 0) is 31.8 Å². The van der Waals surface area contributed by atoms with Crippen molar-refractivity contribution in [2.45, 2.75) is 67.4 Å². The molecule has 1 aliphatic rings. The van der Waals surface area contributed by atoms with Crippen LogP contribution in [-0.4, -0.2) is 54.2 Å². The highest BCUT2D eigenvalue weighted by Crippen LogP contribution is 2.63. The summed E-state index contributed by atoms with van der Waals surface area (Å²) in [6, 6.07) is 0. The molecule has 0 amide bonds. The quantitative estimate of drug-likeness (QED) is 0.219. The third-order valence-corrected chi connectivity index (χ3v) is 8.08. The molecule has 12 heteroatoms. The van der Waals surface area contributed by atoms with Crippen LogP contribution in [0.4, 0.5) is 35.1 Å². The van der Waals surface area contributed by atoms with Gasteiger partial charge in [-0.15, -0.1) is 23.5 Å². The van der Waals surface area contributed by atoms with Gasteiger partial charge in [-0.3, -0.25) is 0 Å². The molecule has 1 rings (SSSR count). The molecule has 1 aliphatic heterocycles. The van der Waals surface area contributed by atoms with Crippen molar-refractivity contribution < 1.29 is 39.5 Å². The number of hydrogen-bond acceptors (Lipinski definition) is 3. The van der Waals surface area contributed by atoms with Gasteiger partial charge >= 0.3 is 24.2 Å². The number of rotatable bonds is 9. The highest BCUT2D eigenvalue weighted by Gasteiger charge is 2.82. The topological polar surface area (TPSA) is 9.23 Å². The van der Waals surface area contributed by atoms with E-state index in [4.69, 9.17) is 4.43 Å². The van der Waals surface area contributed by atoms with E-state index in [-0.39, 0.29) is 11.5 Å². The van der Waals surface area contributed by atoms with E-state index in [9.17, 15) is 26.3 Å². The first kappa shape index (κ1) is 25.1. The molecule has 27 heavy (non-hydrogen) atoms. The largest absolute Gasteiger partial charge is 0.409 e. The van der Waals surface area contributed by atoms with Crippen molar-refractivity contribution in [2.24, 2.45) is 0 Å². The molecule has 0 saturated carbocycles. The van der Waals surface area contributed by atoms with Crippen LogP contribution in [0.15, 0.2) is 12.2 Å². The predicted octanol–water partition coefficient (Wildman–Crippen LogP) is 6.52. The summed E-state index contributed by atoms with van der Waals surface area (Å²) in [5.41, 5.74) is 0. The maximum absolute atomic E-state index is 15.0. The van der Waals surface area contributed by atoms with Crippen LogP contribution >= 0.6 is 23.5 Å². The summed E-state index contributed by atoms with van der Waals surface area (Å²) in [5.74, 6) is -18.2. The normalized spacial score (nSPS) is 25.3. The van der Waals surface area contributed by atoms with E-state index in [0.717, 1.165) is 6.08 Å². The zero-order valence-electron chi connectivity index (χ0n) is 15.2. The Kier molecular flexibility index (Phi) is 7.83. The highest BCUT2D eigenvalue weighted by molar-refractivity contribution is 8.18. The highest BCUT2D eigenvalue weighted by atomic mass is 32.2. The zero-order valence-corrected chi connectivity index (χ0v) is 17.8. The van der Waals surface area contributed by atoms with Crippen molar-refractivity contribution in [3.05, 3.63) is 12.2 Å². The maximum Gasteiger partial charge on any atom is 0.380 e. The minimum absolute atomic E-state index is 0.0572. The molecular formula is C15H22F8OS2Si. The lowest BCUT2D eigenvalue weighted by molar-refractivity contribution is -0.342. The lowest BCUT2D eigenvalue weighted by atomic mass is 9.97. The molecule has 1 heterocycles. The summed E-state index contributed by atoms with van der Waals surface area (Å²) in [5, 5.41) is 0. The Morgan fingerprint density at radius 3 is 2.19 bits per heavy atom. The first-order chi connectivity index (χ1) is 12.1. The van der Waals surface area contributed by atoms with Crippen molar-refractivity contribution in [1.29, 1.82) is 0 Å². The number of alkyl halides is 8. The Hall–Kier alpha value is 0.0569. The van der Waals surface area contributed by atoms with E-state index in [1.54, 1.807) is 26.6 Å². The summed E-state index contributed by atoms with van der Waals surface area (Å²) in [7, 11) is -2.57. The van der Waals surface area contributed by atoms with Crippen LogP contribution in [0.3, 0.4) is 0 Å². The Morgan fingerprint density at radius 2 is 1.74 bits per heavy atom. The zero-order chi connectivity index (χ0) is 21.3. The predicted molar refractivity (Wildman–Crippen MR) is 96.1 cm³/mol. The fourth-order valence-electron chi connectivity index (χ4n) is 2.36. The van der Waals surface area contributed by atoms with Crippen LogP contribution in [0.1, 0.15) is 13.3 Å². The smallest absolute Gasteiger partial charge is 0.380 e. The molecule has 0 aromatic carbocycles. The molecule has 0 bridgehead atoms. The van der Waals surface area contributed by atoms with Gasteiger partial charge in [0.1, 0.15) is 0 Å². The molecule has 2 atom stereocenters. The Balaban J connectivity index is 3.56. The number of thioether (sulfide) groups is 2. The van der Waals surface area contributed by atoms with E-state index in [2.05, 4.69) is 0 Å². The molecule has 0 aromatic rings. The van der Waals surface area contributed by atoms with Crippen molar-refractivity contribution >= 4 is 31.8 Å². The average Bonchev–Trinajstić information content (AvgIpc) is 2.52. The van der Waals surface area contributed by atoms with E-state index in [1.807, 2.05) is 0 Å². The van der Waals surface area contributed by atoms with Crippen molar-refractivity contribution in [3.8, 4) is 0 Å². The second-order valence-electron chi connectivity index (χ2n) is 6.98. The molecule has 0 aliphatic carbocycles. The summed E-state index contributed by atoms with van der Waals surface area (Å²) < 4.78 is 113. The second kappa shape index (κ2) is 8.43. The third-order valence-electron chi connectivity index (χ3n) is 3.61. The first-order valence-corrected chi connectivity index (χ1v) is 13.5. The lowest BCUT2D eigenvalue weighted by Crippen LogP contribution is -2.68. The van der Waals surface area contributed by atoms with Gasteiger partial charge in [-0.1, -0.05) is 19.1 Å². The van der Waals surface area contributed by atoms with Crippen molar-refractivity contribution in [3.63, 3.8) is 0 Å². The molecule has 0 saturated heterocycles. The summed E-state index contributed by atoms with van der Waals surface area (Å²) >= 11 is 0.682. The van der Waals surface area contributed by atoms with E-state index in [0.29, 0.717) is 29.9 Å². The third kappa shape index (κ3) is 4.63. The Morgan fingerprint density at radius 1 is 1.19 bits per heavy atom. The monoisotopic (exact) mass is 462 g/mol. The van der Waals surface area contributed by atoms with Gasteiger partial charge in [0.05, 0.1) is 6.10 Å². The maximum atomic E-state index is 15.0. The number of halogens is 8. The van der Waals surface area contributed by atoms with Gasteiger partial charge < -0.3 is 4.43 Å². The van der Waals surface area contributed by atoms with Crippen LogP contribution in [-0.2, 0) is 4.43 Å². The summed E-state index contributed by atoms with van der Waals surface area (Å²) in [6.07, 6.45) is -3.72.